The minimum atomic E-state index is -1.11. The van der Waals surface area contributed by atoms with Crippen LogP contribution in [0.2, 0.25) is 5.02 Å². The van der Waals surface area contributed by atoms with Crippen molar-refractivity contribution in [3.63, 3.8) is 0 Å². The van der Waals surface area contributed by atoms with Crippen LogP contribution >= 0.6 is 11.6 Å². The van der Waals surface area contributed by atoms with Crippen molar-refractivity contribution >= 4 is 40.6 Å². The van der Waals surface area contributed by atoms with Crippen molar-refractivity contribution in [2.24, 2.45) is 4.99 Å². The van der Waals surface area contributed by atoms with Crippen LogP contribution in [0.1, 0.15) is 11.1 Å². The van der Waals surface area contributed by atoms with Gasteiger partial charge in [-0.2, -0.15) is 0 Å². The predicted molar refractivity (Wildman–Crippen MR) is 126 cm³/mol. The fourth-order valence-corrected chi connectivity index (χ4v) is 3.74. The fourth-order valence-electron chi connectivity index (χ4n) is 3.48. The van der Waals surface area contributed by atoms with Crippen LogP contribution in [0.5, 0.6) is 5.75 Å². The fraction of sp³-hybridized carbons (Fsp3) is 0.125. The Morgan fingerprint density at radius 2 is 1.78 bits per heavy atom. The molecule has 0 fully saturated rings. The van der Waals surface area contributed by atoms with Gasteiger partial charge in [0.1, 0.15) is 5.75 Å². The summed E-state index contributed by atoms with van der Waals surface area (Å²) in [6.45, 7) is 0. The normalized spacial score (nSPS) is 15.3. The second kappa shape index (κ2) is 9.11. The number of benzene rings is 3. The number of ether oxygens (including phenoxy) is 1. The molecule has 3 aromatic rings. The van der Waals surface area contributed by atoms with Crippen molar-refractivity contribution < 1.29 is 14.3 Å². The molecule has 8 heteroatoms. The molecule has 1 atom stereocenters. The van der Waals surface area contributed by atoms with Crippen LogP contribution in [0.4, 0.5) is 16.2 Å². The molecule has 3 amide bonds. The maximum Gasteiger partial charge on any atom is 0.321 e. The molecule has 162 valence electrons. The molecule has 7 nitrogen and oxygen atoms in total. The molecule has 1 aliphatic heterocycles. The number of benzodiazepines with no additional fused rings is 1. The van der Waals surface area contributed by atoms with Gasteiger partial charge in [-0.15, -0.1) is 0 Å². The number of carbonyl (C=O) groups is 2. The number of carbonyl (C=O) groups excluding carboxylic acids is 2. The molecule has 0 bridgehead atoms. The van der Waals surface area contributed by atoms with E-state index in [-0.39, 0.29) is 5.91 Å². The molecule has 32 heavy (non-hydrogen) atoms. The highest BCUT2D eigenvalue weighted by atomic mass is 35.5. The largest absolute Gasteiger partial charge is 0.495 e. The zero-order valence-corrected chi connectivity index (χ0v) is 18.3. The summed E-state index contributed by atoms with van der Waals surface area (Å²) in [5, 5.41) is 5.71. The average molecular weight is 449 g/mol. The SMILES string of the molecule is COc1ccc(NC(=O)NC2N=C(c3ccccc3)c3ccccc3N(C)C2=O)cc1Cl. The van der Waals surface area contributed by atoms with Crippen LogP contribution < -0.4 is 20.3 Å². The number of amides is 3. The Bertz CT molecular complexity index is 1200. The van der Waals surface area contributed by atoms with Crippen LogP contribution in [0, 0.1) is 0 Å². The molecule has 0 aliphatic carbocycles. The van der Waals surface area contributed by atoms with Gasteiger partial charge in [0.05, 0.1) is 23.5 Å². The quantitative estimate of drug-likeness (QED) is 0.623. The molecule has 1 unspecified atom stereocenters. The molecule has 0 spiro atoms. The molecule has 0 saturated heterocycles. The maximum absolute atomic E-state index is 13.1. The Kier molecular flexibility index (Phi) is 6.09. The number of likely N-dealkylation sites (N-methyl/N-ethyl adjacent to an activating group) is 1. The van der Waals surface area contributed by atoms with E-state index in [4.69, 9.17) is 16.3 Å². The summed E-state index contributed by atoms with van der Waals surface area (Å²) in [6, 6.07) is 21.3. The number of methoxy groups -OCH3 is 1. The average Bonchev–Trinajstić information content (AvgIpc) is 2.90. The Morgan fingerprint density at radius 3 is 2.50 bits per heavy atom. The molecular weight excluding hydrogens is 428 g/mol. The molecule has 1 heterocycles. The van der Waals surface area contributed by atoms with E-state index in [9.17, 15) is 9.59 Å². The number of nitrogens with zero attached hydrogens (tertiary/aromatic N) is 2. The number of aliphatic imine (C=N–C) groups is 1. The zero-order valence-electron chi connectivity index (χ0n) is 17.5. The summed E-state index contributed by atoms with van der Waals surface area (Å²) >= 11 is 6.13. The molecule has 0 radical (unpaired) electrons. The third kappa shape index (κ3) is 4.29. The van der Waals surface area contributed by atoms with Crippen LogP contribution in [-0.2, 0) is 4.79 Å². The number of nitrogens with one attached hydrogen (secondary N) is 2. The number of hydrogen-bond acceptors (Lipinski definition) is 4. The molecular formula is C24H21ClN4O3. The maximum atomic E-state index is 13.1. The molecule has 2 N–H and O–H groups in total. The van der Waals surface area contributed by atoms with Gasteiger partial charge >= 0.3 is 6.03 Å². The number of rotatable bonds is 4. The number of hydrogen-bond donors (Lipinski definition) is 2. The Morgan fingerprint density at radius 1 is 1.06 bits per heavy atom. The van der Waals surface area contributed by atoms with Gasteiger partial charge in [-0.1, -0.05) is 60.1 Å². The highest BCUT2D eigenvalue weighted by Gasteiger charge is 2.30. The van der Waals surface area contributed by atoms with Crippen molar-refractivity contribution in [3.8, 4) is 5.75 Å². The first-order valence-electron chi connectivity index (χ1n) is 9.89. The molecule has 4 rings (SSSR count). The zero-order chi connectivity index (χ0) is 22.7. The standard InChI is InChI=1S/C24H21ClN4O3/c1-29-19-11-7-6-10-17(19)21(15-8-4-3-5-9-15)27-22(23(29)30)28-24(31)26-16-12-13-20(32-2)18(25)14-16/h3-14,22H,1-2H3,(H2,26,28,31). The van der Waals surface area contributed by atoms with Crippen molar-refractivity contribution in [1.82, 2.24) is 5.32 Å². The Labute approximate surface area is 190 Å². The number of urea groups is 1. The molecule has 0 saturated carbocycles. The first kappa shape index (κ1) is 21.4. The summed E-state index contributed by atoms with van der Waals surface area (Å²) in [4.78, 5) is 32.0. The van der Waals surface area contributed by atoms with Crippen molar-refractivity contribution in [3.05, 3.63) is 88.9 Å². The lowest BCUT2D eigenvalue weighted by Gasteiger charge is -2.21. The van der Waals surface area contributed by atoms with Gasteiger partial charge < -0.3 is 20.3 Å². The number of halogens is 1. The van der Waals surface area contributed by atoms with E-state index in [1.54, 1.807) is 25.2 Å². The summed E-state index contributed by atoms with van der Waals surface area (Å²) < 4.78 is 5.12. The molecule has 0 aromatic heterocycles. The monoisotopic (exact) mass is 448 g/mol. The van der Waals surface area contributed by atoms with Gasteiger partial charge in [-0.3, -0.25) is 4.79 Å². The van der Waals surface area contributed by atoms with Crippen molar-refractivity contribution in [2.45, 2.75) is 6.17 Å². The number of para-hydroxylation sites is 1. The van der Waals surface area contributed by atoms with E-state index in [1.807, 2.05) is 54.6 Å². The van der Waals surface area contributed by atoms with Crippen molar-refractivity contribution in [2.75, 3.05) is 24.4 Å². The summed E-state index contributed by atoms with van der Waals surface area (Å²) in [5.41, 5.74) is 3.44. The van der Waals surface area contributed by atoms with E-state index in [0.29, 0.717) is 27.9 Å². The minimum Gasteiger partial charge on any atom is -0.495 e. The second-order valence-electron chi connectivity index (χ2n) is 7.11. The van der Waals surface area contributed by atoms with Gasteiger partial charge in [0, 0.05) is 23.9 Å². The first-order chi connectivity index (χ1) is 15.5. The first-order valence-corrected chi connectivity index (χ1v) is 10.3. The van der Waals surface area contributed by atoms with E-state index in [2.05, 4.69) is 15.6 Å². The van der Waals surface area contributed by atoms with Gasteiger partial charge in [-0.25, -0.2) is 9.79 Å². The Balaban J connectivity index is 1.65. The smallest absolute Gasteiger partial charge is 0.321 e. The lowest BCUT2D eigenvalue weighted by Crippen LogP contribution is -2.47. The molecule has 3 aromatic carbocycles. The van der Waals surface area contributed by atoms with E-state index in [0.717, 1.165) is 11.1 Å². The lowest BCUT2D eigenvalue weighted by atomic mass is 10.0. The third-order valence-corrected chi connectivity index (χ3v) is 5.36. The second-order valence-corrected chi connectivity index (χ2v) is 7.52. The van der Waals surface area contributed by atoms with Crippen LogP contribution in [0.3, 0.4) is 0 Å². The van der Waals surface area contributed by atoms with E-state index in [1.165, 1.54) is 12.0 Å². The highest BCUT2D eigenvalue weighted by molar-refractivity contribution is 6.32. The van der Waals surface area contributed by atoms with Gasteiger partial charge in [-0.05, 0) is 24.3 Å². The number of fused-ring (bicyclic) bond motifs is 1. The molecule has 1 aliphatic rings. The van der Waals surface area contributed by atoms with Crippen LogP contribution in [-0.4, -0.2) is 38.0 Å². The van der Waals surface area contributed by atoms with Crippen molar-refractivity contribution in [1.29, 1.82) is 0 Å². The summed E-state index contributed by atoms with van der Waals surface area (Å²) in [6.07, 6.45) is -1.11. The van der Waals surface area contributed by atoms with Gasteiger partial charge in [0.2, 0.25) is 6.17 Å². The summed E-state index contributed by atoms with van der Waals surface area (Å²) in [7, 11) is 3.18. The van der Waals surface area contributed by atoms with Gasteiger partial charge in [0.15, 0.2) is 0 Å². The lowest BCUT2D eigenvalue weighted by molar-refractivity contribution is -0.119. The van der Waals surface area contributed by atoms with E-state index >= 15 is 0 Å². The topological polar surface area (TPSA) is 83.0 Å². The van der Waals surface area contributed by atoms with Crippen LogP contribution in [0.15, 0.2) is 77.8 Å². The third-order valence-electron chi connectivity index (χ3n) is 5.07. The summed E-state index contributed by atoms with van der Waals surface area (Å²) in [5.74, 6) is 0.138. The Hall–Kier alpha value is -3.84. The highest BCUT2D eigenvalue weighted by Crippen LogP contribution is 2.28. The van der Waals surface area contributed by atoms with Gasteiger partial charge in [0.25, 0.3) is 5.91 Å². The van der Waals surface area contributed by atoms with Crippen LogP contribution in [0.25, 0.3) is 0 Å². The predicted octanol–water partition coefficient (Wildman–Crippen LogP) is 4.31. The van der Waals surface area contributed by atoms with E-state index < -0.39 is 12.2 Å². The number of anilines is 2. The minimum absolute atomic E-state index is 0.355.